The summed E-state index contributed by atoms with van der Waals surface area (Å²) in [5.41, 5.74) is 2.76. The van der Waals surface area contributed by atoms with Gasteiger partial charge in [0.05, 0.1) is 22.2 Å². The van der Waals surface area contributed by atoms with Crippen LogP contribution in [-0.4, -0.2) is 27.1 Å². The Labute approximate surface area is 184 Å². The summed E-state index contributed by atoms with van der Waals surface area (Å²) in [4.78, 5) is 31.4. The molecule has 3 aromatic rings. The number of aromatic carboxylic acids is 1. The van der Waals surface area contributed by atoms with Crippen LogP contribution in [0, 0.1) is 0 Å². The molecule has 1 saturated heterocycles. The Kier molecular flexibility index (Phi) is 6.00. The van der Waals surface area contributed by atoms with Crippen LogP contribution < -0.4 is 0 Å². The summed E-state index contributed by atoms with van der Waals surface area (Å²) in [6.45, 7) is 1.99. The number of carbonyl (C=O) groups is 2. The number of hydrogen-bond acceptors (Lipinski definition) is 4. The number of benzene rings is 3. The van der Waals surface area contributed by atoms with E-state index in [9.17, 15) is 9.59 Å². The SMILES string of the molecule is C[C@@H](c1ccccc1)N1C(=O)/C(=C\c2ccc(C(=O)O)cc2)SC1=Nc1ccccc1. The second kappa shape index (κ2) is 9.02. The first-order valence-corrected chi connectivity index (χ1v) is 10.6. The van der Waals surface area contributed by atoms with Crippen molar-refractivity contribution in [2.75, 3.05) is 0 Å². The lowest BCUT2D eigenvalue weighted by Gasteiger charge is -2.24. The highest BCUT2D eigenvalue weighted by Gasteiger charge is 2.37. The van der Waals surface area contributed by atoms with Crippen molar-refractivity contribution in [2.45, 2.75) is 13.0 Å². The molecule has 0 spiro atoms. The van der Waals surface area contributed by atoms with Crippen LogP contribution in [0.25, 0.3) is 6.08 Å². The van der Waals surface area contributed by atoms with E-state index in [-0.39, 0.29) is 17.5 Å². The number of carbonyl (C=O) groups excluding carboxylic acids is 1. The number of thioether (sulfide) groups is 1. The van der Waals surface area contributed by atoms with Gasteiger partial charge in [0.15, 0.2) is 5.17 Å². The zero-order valence-corrected chi connectivity index (χ0v) is 17.6. The fourth-order valence-corrected chi connectivity index (χ4v) is 4.34. The Balaban J connectivity index is 1.71. The van der Waals surface area contributed by atoms with Crippen molar-refractivity contribution in [1.29, 1.82) is 0 Å². The fourth-order valence-electron chi connectivity index (χ4n) is 3.27. The highest BCUT2D eigenvalue weighted by atomic mass is 32.2. The van der Waals surface area contributed by atoms with E-state index in [4.69, 9.17) is 10.1 Å². The minimum Gasteiger partial charge on any atom is -0.478 e. The number of amidine groups is 1. The normalized spacial score (nSPS) is 17.3. The van der Waals surface area contributed by atoms with Crippen LogP contribution in [0.15, 0.2) is 94.8 Å². The average molecular weight is 429 g/mol. The van der Waals surface area contributed by atoms with Crippen molar-refractivity contribution >= 4 is 40.6 Å². The summed E-state index contributed by atoms with van der Waals surface area (Å²) in [6.07, 6.45) is 1.77. The Hall–Kier alpha value is -3.64. The molecule has 0 saturated carbocycles. The summed E-state index contributed by atoms with van der Waals surface area (Å²) in [7, 11) is 0. The van der Waals surface area contributed by atoms with E-state index in [0.717, 1.165) is 16.8 Å². The molecule has 31 heavy (non-hydrogen) atoms. The van der Waals surface area contributed by atoms with Crippen molar-refractivity contribution in [1.82, 2.24) is 4.90 Å². The second-order valence-electron chi connectivity index (χ2n) is 7.03. The molecule has 0 bridgehead atoms. The van der Waals surface area contributed by atoms with E-state index in [0.29, 0.717) is 10.1 Å². The molecule has 1 heterocycles. The molecule has 6 heteroatoms. The predicted molar refractivity (Wildman–Crippen MR) is 124 cm³/mol. The number of carboxylic acids is 1. The first kappa shape index (κ1) is 20.6. The Morgan fingerprint density at radius 1 is 0.968 bits per heavy atom. The quantitative estimate of drug-likeness (QED) is 0.525. The van der Waals surface area contributed by atoms with Crippen molar-refractivity contribution in [3.8, 4) is 0 Å². The Morgan fingerprint density at radius 2 is 1.58 bits per heavy atom. The number of carboxylic acid groups (broad SMARTS) is 1. The maximum absolute atomic E-state index is 13.4. The van der Waals surface area contributed by atoms with E-state index >= 15 is 0 Å². The number of rotatable bonds is 5. The molecule has 1 atom stereocenters. The van der Waals surface area contributed by atoms with Gasteiger partial charge in [0.2, 0.25) is 0 Å². The van der Waals surface area contributed by atoms with Gasteiger partial charge in [-0.05, 0) is 60.2 Å². The van der Waals surface area contributed by atoms with Crippen LogP contribution in [-0.2, 0) is 4.79 Å². The molecule has 1 N–H and O–H groups in total. The highest BCUT2D eigenvalue weighted by Crippen LogP contribution is 2.39. The average Bonchev–Trinajstić information content (AvgIpc) is 3.09. The highest BCUT2D eigenvalue weighted by molar-refractivity contribution is 8.18. The van der Waals surface area contributed by atoms with Crippen LogP contribution in [0.3, 0.4) is 0 Å². The van der Waals surface area contributed by atoms with Crippen LogP contribution in [0.5, 0.6) is 0 Å². The van der Waals surface area contributed by atoms with Crippen LogP contribution in [0.2, 0.25) is 0 Å². The van der Waals surface area contributed by atoms with Gasteiger partial charge in [-0.25, -0.2) is 9.79 Å². The van der Waals surface area contributed by atoms with Crippen LogP contribution >= 0.6 is 11.8 Å². The number of nitrogens with zero attached hydrogens (tertiary/aromatic N) is 2. The number of para-hydroxylation sites is 1. The third-order valence-electron chi connectivity index (χ3n) is 4.94. The lowest BCUT2D eigenvalue weighted by atomic mass is 10.1. The Morgan fingerprint density at radius 3 is 2.19 bits per heavy atom. The van der Waals surface area contributed by atoms with E-state index in [1.807, 2.05) is 67.6 Å². The van der Waals surface area contributed by atoms with E-state index < -0.39 is 5.97 Å². The first-order valence-electron chi connectivity index (χ1n) is 9.78. The smallest absolute Gasteiger partial charge is 0.335 e. The molecule has 0 unspecified atom stereocenters. The second-order valence-corrected chi connectivity index (χ2v) is 8.04. The molecule has 5 nitrogen and oxygen atoms in total. The molecule has 1 aliphatic rings. The van der Waals surface area contributed by atoms with Gasteiger partial charge in [-0.1, -0.05) is 60.7 Å². The monoisotopic (exact) mass is 428 g/mol. The molecule has 0 aromatic heterocycles. The molecular weight excluding hydrogens is 408 g/mol. The zero-order valence-electron chi connectivity index (χ0n) is 16.8. The third-order valence-corrected chi connectivity index (χ3v) is 5.93. The minimum absolute atomic E-state index is 0.127. The number of hydrogen-bond donors (Lipinski definition) is 1. The number of amides is 1. The summed E-state index contributed by atoms with van der Waals surface area (Å²) in [6, 6.07) is 25.6. The van der Waals surface area contributed by atoms with Crippen molar-refractivity contribution < 1.29 is 14.7 Å². The van der Waals surface area contributed by atoms with Gasteiger partial charge in [0, 0.05) is 0 Å². The number of aliphatic imine (C=N–C) groups is 1. The minimum atomic E-state index is -0.981. The van der Waals surface area contributed by atoms with Crippen molar-refractivity contribution in [3.63, 3.8) is 0 Å². The predicted octanol–water partition coefficient (Wildman–Crippen LogP) is 5.75. The molecule has 154 valence electrons. The van der Waals surface area contributed by atoms with Crippen LogP contribution in [0.1, 0.15) is 34.5 Å². The standard InChI is InChI=1S/C25H20N2O3S/c1-17(19-8-4-2-5-9-19)27-23(28)22(16-18-12-14-20(15-13-18)24(29)30)31-25(27)26-21-10-6-3-7-11-21/h2-17H,1H3,(H,29,30)/b22-16+,26-25?/t17-/m0/s1. The van der Waals surface area contributed by atoms with E-state index in [1.54, 1.807) is 23.1 Å². The summed E-state index contributed by atoms with van der Waals surface area (Å²) in [5.74, 6) is -1.11. The van der Waals surface area contributed by atoms with Gasteiger partial charge in [-0.2, -0.15) is 0 Å². The molecule has 1 fully saturated rings. The van der Waals surface area contributed by atoms with Gasteiger partial charge in [0.1, 0.15) is 0 Å². The maximum Gasteiger partial charge on any atom is 0.335 e. The molecule has 0 radical (unpaired) electrons. The van der Waals surface area contributed by atoms with Gasteiger partial charge >= 0.3 is 5.97 Å². The lowest BCUT2D eigenvalue weighted by Crippen LogP contribution is -2.32. The van der Waals surface area contributed by atoms with Gasteiger partial charge in [0.25, 0.3) is 5.91 Å². The summed E-state index contributed by atoms with van der Waals surface area (Å²) in [5, 5.41) is 9.70. The van der Waals surface area contributed by atoms with E-state index in [1.165, 1.54) is 23.9 Å². The van der Waals surface area contributed by atoms with Gasteiger partial charge < -0.3 is 5.11 Å². The molecule has 0 aliphatic carbocycles. The molecule has 1 amide bonds. The van der Waals surface area contributed by atoms with Gasteiger partial charge in [-0.15, -0.1) is 0 Å². The Bertz CT molecular complexity index is 1160. The molecule has 3 aromatic carbocycles. The summed E-state index contributed by atoms with van der Waals surface area (Å²) < 4.78 is 0. The van der Waals surface area contributed by atoms with Gasteiger partial charge in [-0.3, -0.25) is 9.69 Å². The third kappa shape index (κ3) is 4.59. The lowest BCUT2D eigenvalue weighted by molar-refractivity contribution is -0.123. The largest absolute Gasteiger partial charge is 0.478 e. The van der Waals surface area contributed by atoms with Crippen molar-refractivity contribution in [3.05, 3.63) is 107 Å². The van der Waals surface area contributed by atoms with Crippen LogP contribution in [0.4, 0.5) is 5.69 Å². The maximum atomic E-state index is 13.4. The topological polar surface area (TPSA) is 70.0 Å². The van der Waals surface area contributed by atoms with Crippen molar-refractivity contribution in [2.24, 2.45) is 4.99 Å². The molecular formula is C25H20N2O3S. The fraction of sp³-hybridized carbons (Fsp3) is 0.0800. The molecule has 4 rings (SSSR count). The summed E-state index contributed by atoms with van der Waals surface area (Å²) >= 11 is 1.32. The first-order chi connectivity index (χ1) is 15.0. The molecule has 1 aliphatic heterocycles. The van der Waals surface area contributed by atoms with E-state index in [2.05, 4.69) is 0 Å². The zero-order chi connectivity index (χ0) is 21.8.